The number of H-pyrrole nitrogens is 1. The maximum Gasteiger partial charge on any atom is 0.471 e. The van der Waals surface area contributed by atoms with Gasteiger partial charge in [-0.2, -0.15) is 13.2 Å². The third-order valence-corrected chi connectivity index (χ3v) is 12.6. The lowest BCUT2D eigenvalue weighted by Gasteiger charge is -2.43. The van der Waals surface area contributed by atoms with Gasteiger partial charge in [0.2, 0.25) is 0 Å². The van der Waals surface area contributed by atoms with Crippen molar-refractivity contribution in [2.45, 2.75) is 56.8 Å². The Morgan fingerprint density at radius 1 is 1.13 bits per heavy atom. The summed E-state index contributed by atoms with van der Waals surface area (Å²) in [7, 11) is -3.00. The molecular formula is C31H33F3N6O6Si. The molecule has 248 valence electrons. The third kappa shape index (κ3) is 8.20. The van der Waals surface area contributed by atoms with E-state index in [0.29, 0.717) is 0 Å². The number of hydrogen-bond acceptors (Lipinski definition) is 7. The van der Waals surface area contributed by atoms with Gasteiger partial charge < -0.3 is 19.2 Å². The zero-order chi connectivity index (χ0) is 34.2. The van der Waals surface area contributed by atoms with Gasteiger partial charge in [-0.3, -0.25) is 19.1 Å². The van der Waals surface area contributed by atoms with Gasteiger partial charge in [0, 0.05) is 17.5 Å². The largest absolute Gasteiger partial charge is 0.471 e. The minimum atomic E-state index is -5.08. The molecule has 1 aromatic heterocycles. The minimum absolute atomic E-state index is 0.0361. The van der Waals surface area contributed by atoms with Crippen molar-refractivity contribution in [3.05, 3.63) is 104 Å². The molecule has 0 unspecified atom stereocenters. The van der Waals surface area contributed by atoms with E-state index in [1.165, 1.54) is 0 Å². The Morgan fingerprint density at radius 3 is 2.30 bits per heavy atom. The number of aromatic nitrogens is 2. The van der Waals surface area contributed by atoms with E-state index in [2.05, 4.69) is 47.6 Å². The van der Waals surface area contributed by atoms with E-state index in [-0.39, 0.29) is 30.4 Å². The molecule has 2 heterocycles. The van der Waals surface area contributed by atoms with E-state index in [4.69, 9.17) is 19.4 Å². The lowest BCUT2D eigenvalue weighted by atomic mass is 10.2. The Bertz CT molecular complexity index is 1740. The van der Waals surface area contributed by atoms with Crippen molar-refractivity contribution in [2.24, 2.45) is 5.11 Å². The lowest BCUT2D eigenvalue weighted by molar-refractivity contribution is -0.173. The summed E-state index contributed by atoms with van der Waals surface area (Å²) in [6, 6.07) is 19.8. The van der Waals surface area contributed by atoms with Gasteiger partial charge in [-0.15, -0.1) is 0 Å². The quantitative estimate of drug-likeness (QED) is 0.111. The molecule has 0 spiro atoms. The van der Waals surface area contributed by atoms with Gasteiger partial charge in [-0.25, -0.2) is 4.79 Å². The van der Waals surface area contributed by atoms with E-state index in [1.807, 2.05) is 60.7 Å². The number of benzene rings is 2. The van der Waals surface area contributed by atoms with E-state index >= 15 is 0 Å². The fourth-order valence-electron chi connectivity index (χ4n) is 5.47. The van der Waals surface area contributed by atoms with Crippen molar-refractivity contribution >= 4 is 24.6 Å². The fraction of sp³-hybridized carbons (Fsp3) is 0.387. The smallest absolute Gasteiger partial charge is 0.405 e. The number of aromatic amines is 1. The number of carbonyl (C=O) groups excluding carboxylic acids is 1. The molecule has 4 rings (SSSR count). The number of alkyl halides is 3. The summed E-state index contributed by atoms with van der Waals surface area (Å²) in [5.41, 5.74) is 6.86. The fourth-order valence-corrected chi connectivity index (χ4v) is 10.0. The minimum Gasteiger partial charge on any atom is -0.405 e. The molecular weight excluding hydrogens is 637 g/mol. The number of nitrogens with one attached hydrogen (secondary N) is 2. The van der Waals surface area contributed by atoms with Crippen molar-refractivity contribution < 1.29 is 31.9 Å². The zero-order valence-electron chi connectivity index (χ0n) is 25.8. The van der Waals surface area contributed by atoms with Crippen LogP contribution in [-0.2, 0) is 18.7 Å². The lowest BCUT2D eigenvalue weighted by Crippen LogP contribution is -2.67. The number of amides is 1. The van der Waals surface area contributed by atoms with Crippen LogP contribution in [0.1, 0.15) is 39.0 Å². The first-order chi connectivity index (χ1) is 22.3. The van der Waals surface area contributed by atoms with Crippen molar-refractivity contribution in [1.82, 2.24) is 14.9 Å². The average Bonchev–Trinajstić information content (AvgIpc) is 3.42. The van der Waals surface area contributed by atoms with Gasteiger partial charge >= 0.3 is 17.8 Å². The third-order valence-electron chi connectivity index (χ3n) is 7.57. The van der Waals surface area contributed by atoms with Crippen molar-refractivity contribution in [3.63, 3.8) is 0 Å². The Morgan fingerprint density at radius 2 is 1.74 bits per heavy atom. The summed E-state index contributed by atoms with van der Waals surface area (Å²) < 4.78 is 57.5. The predicted molar refractivity (Wildman–Crippen MR) is 168 cm³/mol. The highest BCUT2D eigenvalue weighted by Crippen LogP contribution is 2.38. The maximum atomic E-state index is 12.9. The van der Waals surface area contributed by atoms with Crippen molar-refractivity contribution in [2.75, 3.05) is 19.9 Å². The molecule has 0 radical (unpaired) electrons. The molecule has 2 N–H and O–H groups in total. The first kappa shape index (κ1) is 35.2. The van der Waals surface area contributed by atoms with Crippen molar-refractivity contribution in [1.29, 1.82) is 0 Å². The second-order valence-corrected chi connectivity index (χ2v) is 15.9. The molecule has 0 aliphatic carbocycles. The molecule has 1 aliphatic heterocycles. The number of ether oxygens (including phenoxy) is 2. The first-order valence-corrected chi connectivity index (χ1v) is 16.4. The monoisotopic (exact) mass is 670 g/mol. The molecule has 3 aromatic rings. The molecule has 1 aliphatic rings. The van der Waals surface area contributed by atoms with Crippen LogP contribution in [0.5, 0.6) is 0 Å². The van der Waals surface area contributed by atoms with Crippen LogP contribution in [0.25, 0.3) is 10.4 Å². The predicted octanol–water partition coefficient (Wildman–Crippen LogP) is 3.08. The van der Waals surface area contributed by atoms with E-state index < -0.39 is 56.6 Å². The van der Waals surface area contributed by atoms with Gasteiger partial charge in [0.1, 0.15) is 24.6 Å². The Balaban J connectivity index is 1.64. The van der Waals surface area contributed by atoms with Gasteiger partial charge in [-0.05, 0) is 20.9 Å². The van der Waals surface area contributed by atoms with Crippen molar-refractivity contribution in [3.8, 4) is 11.8 Å². The summed E-state index contributed by atoms with van der Waals surface area (Å²) >= 11 is 0. The highest BCUT2D eigenvalue weighted by atomic mass is 28.4. The van der Waals surface area contributed by atoms with Crippen LogP contribution in [0, 0.1) is 11.8 Å². The molecule has 1 saturated heterocycles. The van der Waals surface area contributed by atoms with Gasteiger partial charge in [0.25, 0.3) is 13.9 Å². The number of rotatable bonds is 10. The second-order valence-electron chi connectivity index (χ2n) is 11.6. The zero-order valence-corrected chi connectivity index (χ0v) is 26.8. The number of carbonyl (C=O) groups is 1. The van der Waals surface area contributed by atoms with Gasteiger partial charge in [0.05, 0.1) is 19.3 Å². The Labute approximate surface area is 268 Å². The number of halogens is 3. The van der Waals surface area contributed by atoms with Crippen LogP contribution in [-0.4, -0.2) is 62.0 Å². The van der Waals surface area contributed by atoms with E-state index in [9.17, 15) is 27.6 Å². The SMILES string of the molecule is CC(C)(C)[Si](OC[C@H]1O[C@@H](n2cc(C#CCNC(=O)C(F)(F)F)c(=O)[nH]c2=O)C[C@H]1OCN=[N+]=[N-])(c1ccccc1)c1ccccc1. The van der Waals surface area contributed by atoms with E-state index in [1.54, 1.807) is 5.32 Å². The first-order valence-electron chi connectivity index (χ1n) is 14.5. The summed E-state index contributed by atoms with van der Waals surface area (Å²) in [6.45, 7) is 5.38. The van der Waals surface area contributed by atoms with E-state index in [0.717, 1.165) is 21.1 Å². The highest BCUT2D eigenvalue weighted by Gasteiger charge is 2.51. The average molecular weight is 671 g/mol. The number of azide groups is 1. The standard InChI is InChI=1S/C31H33F3N6O6Si/c1-30(2,3)47(22-12-6-4-7-13-22,23-14-8-5-9-15-23)45-19-25-24(44-20-37-39-35)17-26(46-25)40-18-21(27(41)38-29(40)43)11-10-16-36-28(42)31(32,33)34/h4-9,12-15,18,24-26H,16-17,19-20H2,1-3H3,(H,36,42)(H,38,41,43)/t24-,25-,26-/m1/s1. The summed E-state index contributed by atoms with van der Waals surface area (Å²) in [6.07, 6.45) is -6.29. The molecule has 3 atom stereocenters. The molecule has 0 bridgehead atoms. The van der Waals surface area contributed by atoms with Crippen LogP contribution in [0.3, 0.4) is 0 Å². The van der Waals surface area contributed by atoms with Crippen LogP contribution >= 0.6 is 0 Å². The topological polar surface area (TPSA) is 160 Å². The van der Waals surface area contributed by atoms with Crippen LogP contribution in [0.2, 0.25) is 5.04 Å². The molecule has 1 amide bonds. The second kappa shape index (κ2) is 14.8. The summed E-state index contributed by atoms with van der Waals surface area (Å²) in [4.78, 5) is 41.2. The number of nitrogens with zero attached hydrogens (tertiary/aromatic N) is 4. The Kier molecular flexibility index (Phi) is 11.1. The molecule has 2 aromatic carbocycles. The van der Waals surface area contributed by atoms with Crippen LogP contribution < -0.4 is 26.9 Å². The Hall–Kier alpha value is -4.65. The maximum absolute atomic E-state index is 12.9. The van der Waals surface area contributed by atoms with Crippen LogP contribution in [0.15, 0.2) is 81.6 Å². The normalized spacial score (nSPS) is 18.1. The summed E-state index contributed by atoms with van der Waals surface area (Å²) in [5, 5.41) is 6.76. The molecule has 47 heavy (non-hydrogen) atoms. The molecule has 0 saturated carbocycles. The molecule has 12 nitrogen and oxygen atoms in total. The van der Waals surface area contributed by atoms with Gasteiger partial charge in [0.15, 0.2) is 0 Å². The number of hydrogen-bond donors (Lipinski definition) is 2. The highest BCUT2D eigenvalue weighted by molar-refractivity contribution is 6.99. The summed E-state index contributed by atoms with van der Waals surface area (Å²) in [5.74, 6) is 2.47. The molecule has 16 heteroatoms. The molecule has 1 fully saturated rings. The van der Waals surface area contributed by atoms with Crippen LogP contribution in [0.4, 0.5) is 13.2 Å². The van der Waals surface area contributed by atoms with Gasteiger partial charge in [-0.1, -0.05) is 98.4 Å².